The predicted molar refractivity (Wildman–Crippen MR) is 110 cm³/mol. The molecule has 1 atom stereocenters. The van der Waals surface area contributed by atoms with Crippen LogP contribution >= 0.6 is 11.3 Å². The molecule has 0 saturated carbocycles. The SMILES string of the molecule is CCNC(=NCc1ccc(C)c(F)c1)NC(C)c1nc(C)c(C(=O)OCC)s1. The largest absolute Gasteiger partial charge is 0.462 e. The molecule has 0 bridgehead atoms. The number of halogens is 1. The Kier molecular flexibility index (Phi) is 7.92. The minimum absolute atomic E-state index is 0.153. The number of carbonyl (C=O) groups is 1. The van der Waals surface area contributed by atoms with Crippen LogP contribution in [0.2, 0.25) is 0 Å². The maximum atomic E-state index is 13.7. The smallest absolute Gasteiger partial charge is 0.350 e. The zero-order valence-corrected chi connectivity index (χ0v) is 17.7. The van der Waals surface area contributed by atoms with E-state index in [0.29, 0.717) is 41.8 Å². The Bertz CT molecular complexity index is 851. The first-order valence-corrected chi connectivity index (χ1v) is 10.1. The number of benzene rings is 1. The molecule has 0 fully saturated rings. The summed E-state index contributed by atoms with van der Waals surface area (Å²) in [6.07, 6.45) is 0. The fraction of sp³-hybridized carbons (Fsp3) is 0.450. The van der Waals surface area contributed by atoms with Crippen molar-refractivity contribution < 1.29 is 13.9 Å². The number of esters is 1. The number of aliphatic imine (C=N–C) groups is 1. The van der Waals surface area contributed by atoms with Crippen molar-refractivity contribution in [3.63, 3.8) is 0 Å². The first-order valence-electron chi connectivity index (χ1n) is 9.30. The fourth-order valence-electron chi connectivity index (χ4n) is 2.48. The zero-order chi connectivity index (χ0) is 20.7. The third-order valence-electron chi connectivity index (χ3n) is 4.00. The topological polar surface area (TPSA) is 75.6 Å². The van der Waals surface area contributed by atoms with Crippen LogP contribution in [0.15, 0.2) is 23.2 Å². The molecule has 0 aliphatic rings. The average Bonchev–Trinajstić information content (AvgIpc) is 3.05. The molecule has 2 rings (SSSR count). The lowest BCUT2D eigenvalue weighted by atomic mass is 10.1. The van der Waals surface area contributed by atoms with Crippen LogP contribution in [0, 0.1) is 19.7 Å². The van der Waals surface area contributed by atoms with E-state index in [-0.39, 0.29) is 17.8 Å². The second kappa shape index (κ2) is 10.2. The normalized spacial score (nSPS) is 12.6. The number of carbonyl (C=O) groups excluding carboxylic acids is 1. The molecule has 0 aliphatic heterocycles. The standard InChI is InChI=1S/C20H27FN4O2S/c1-6-22-20(23-11-15-9-8-12(3)16(21)10-15)25-14(5)18-24-13(4)17(28-18)19(26)27-7-2/h8-10,14H,6-7,11H2,1-5H3,(H2,22,23,25). The fourth-order valence-corrected chi connectivity index (χ4v) is 3.44. The van der Waals surface area contributed by atoms with Gasteiger partial charge in [0.2, 0.25) is 0 Å². The number of hydrogen-bond acceptors (Lipinski definition) is 5. The van der Waals surface area contributed by atoms with Gasteiger partial charge in [0.05, 0.1) is 24.9 Å². The Morgan fingerprint density at radius 3 is 2.75 bits per heavy atom. The zero-order valence-electron chi connectivity index (χ0n) is 16.9. The van der Waals surface area contributed by atoms with Gasteiger partial charge in [-0.3, -0.25) is 0 Å². The Balaban J connectivity index is 2.11. The van der Waals surface area contributed by atoms with Crippen LogP contribution < -0.4 is 10.6 Å². The minimum Gasteiger partial charge on any atom is -0.462 e. The first kappa shape index (κ1) is 21.8. The third-order valence-corrected chi connectivity index (χ3v) is 5.32. The summed E-state index contributed by atoms with van der Waals surface area (Å²) in [4.78, 5) is 21.5. The molecule has 0 radical (unpaired) electrons. The molecule has 28 heavy (non-hydrogen) atoms. The molecular formula is C20H27FN4O2S. The van der Waals surface area contributed by atoms with Crippen LogP contribution in [0.3, 0.4) is 0 Å². The van der Waals surface area contributed by atoms with Gasteiger partial charge in [-0.25, -0.2) is 19.2 Å². The van der Waals surface area contributed by atoms with Crippen LogP contribution in [-0.4, -0.2) is 30.1 Å². The average molecular weight is 407 g/mol. The molecule has 1 unspecified atom stereocenters. The highest BCUT2D eigenvalue weighted by Crippen LogP contribution is 2.24. The van der Waals surface area contributed by atoms with E-state index in [1.165, 1.54) is 17.4 Å². The van der Waals surface area contributed by atoms with Crippen molar-refractivity contribution in [1.29, 1.82) is 0 Å². The third kappa shape index (κ3) is 5.76. The van der Waals surface area contributed by atoms with Crippen LogP contribution in [0.1, 0.15) is 58.3 Å². The summed E-state index contributed by atoms with van der Waals surface area (Å²) in [5, 5.41) is 7.23. The van der Waals surface area contributed by atoms with Crippen molar-refractivity contribution in [2.75, 3.05) is 13.2 Å². The first-order chi connectivity index (χ1) is 13.3. The molecule has 2 N–H and O–H groups in total. The molecular weight excluding hydrogens is 379 g/mol. The van der Waals surface area contributed by atoms with E-state index in [0.717, 1.165) is 10.6 Å². The molecule has 6 nitrogen and oxygen atoms in total. The number of hydrogen-bond donors (Lipinski definition) is 2. The second-order valence-electron chi connectivity index (χ2n) is 6.33. The van der Waals surface area contributed by atoms with Crippen molar-refractivity contribution in [2.24, 2.45) is 4.99 Å². The Morgan fingerprint density at radius 1 is 1.36 bits per heavy atom. The highest BCUT2D eigenvalue weighted by molar-refractivity contribution is 7.13. The van der Waals surface area contributed by atoms with E-state index in [1.807, 2.05) is 19.9 Å². The van der Waals surface area contributed by atoms with Gasteiger partial charge in [0.15, 0.2) is 5.96 Å². The van der Waals surface area contributed by atoms with Crippen LogP contribution in [-0.2, 0) is 11.3 Å². The number of aromatic nitrogens is 1. The van der Waals surface area contributed by atoms with Gasteiger partial charge in [0, 0.05) is 6.54 Å². The van der Waals surface area contributed by atoms with E-state index in [4.69, 9.17) is 4.74 Å². The number of aryl methyl sites for hydroxylation is 2. The molecule has 1 aromatic heterocycles. The van der Waals surface area contributed by atoms with Gasteiger partial charge in [-0.2, -0.15) is 0 Å². The summed E-state index contributed by atoms with van der Waals surface area (Å²) >= 11 is 1.31. The highest BCUT2D eigenvalue weighted by atomic mass is 32.1. The van der Waals surface area contributed by atoms with Gasteiger partial charge in [-0.15, -0.1) is 11.3 Å². The maximum absolute atomic E-state index is 13.7. The van der Waals surface area contributed by atoms with Crippen LogP contribution in [0.25, 0.3) is 0 Å². The number of ether oxygens (including phenoxy) is 1. The molecule has 0 amide bonds. The van der Waals surface area contributed by atoms with Gasteiger partial charge in [-0.05, 0) is 51.8 Å². The molecule has 2 aromatic rings. The molecule has 0 spiro atoms. The number of rotatable bonds is 7. The van der Waals surface area contributed by atoms with Crippen molar-refractivity contribution in [3.05, 3.63) is 50.7 Å². The van der Waals surface area contributed by atoms with E-state index in [2.05, 4.69) is 20.6 Å². The molecule has 8 heteroatoms. The summed E-state index contributed by atoms with van der Waals surface area (Å²) in [5.41, 5.74) is 2.06. The summed E-state index contributed by atoms with van der Waals surface area (Å²) in [6.45, 7) is 10.6. The van der Waals surface area contributed by atoms with Crippen molar-refractivity contribution in [1.82, 2.24) is 15.6 Å². The lowest BCUT2D eigenvalue weighted by molar-refractivity contribution is 0.0531. The Hall–Kier alpha value is -2.48. The highest BCUT2D eigenvalue weighted by Gasteiger charge is 2.20. The summed E-state index contributed by atoms with van der Waals surface area (Å²) in [5.74, 6) is 0.0169. The maximum Gasteiger partial charge on any atom is 0.350 e. The van der Waals surface area contributed by atoms with E-state index in [9.17, 15) is 9.18 Å². The Labute approximate surface area is 169 Å². The quantitative estimate of drug-likeness (QED) is 0.414. The predicted octanol–water partition coefficient (Wildman–Crippen LogP) is 3.89. The molecule has 152 valence electrons. The van der Waals surface area contributed by atoms with Crippen molar-refractivity contribution in [3.8, 4) is 0 Å². The van der Waals surface area contributed by atoms with Gasteiger partial charge >= 0.3 is 5.97 Å². The van der Waals surface area contributed by atoms with Crippen molar-refractivity contribution in [2.45, 2.75) is 47.2 Å². The van der Waals surface area contributed by atoms with Crippen LogP contribution in [0.4, 0.5) is 4.39 Å². The van der Waals surface area contributed by atoms with Gasteiger partial charge in [0.1, 0.15) is 15.7 Å². The number of thiazole rings is 1. The monoisotopic (exact) mass is 406 g/mol. The number of nitrogens with zero attached hydrogens (tertiary/aromatic N) is 2. The lowest BCUT2D eigenvalue weighted by Crippen LogP contribution is -2.38. The molecule has 0 aliphatic carbocycles. The van der Waals surface area contributed by atoms with Gasteiger partial charge in [0.25, 0.3) is 0 Å². The number of nitrogens with one attached hydrogen (secondary N) is 2. The summed E-state index contributed by atoms with van der Waals surface area (Å²) in [7, 11) is 0. The molecule has 0 saturated heterocycles. The van der Waals surface area contributed by atoms with E-state index >= 15 is 0 Å². The second-order valence-corrected chi connectivity index (χ2v) is 7.36. The van der Waals surface area contributed by atoms with Gasteiger partial charge in [-0.1, -0.05) is 12.1 Å². The summed E-state index contributed by atoms with van der Waals surface area (Å²) < 4.78 is 18.8. The van der Waals surface area contributed by atoms with Crippen LogP contribution in [0.5, 0.6) is 0 Å². The molecule has 1 aromatic carbocycles. The van der Waals surface area contributed by atoms with Gasteiger partial charge < -0.3 is 15.4 Å². The minimum atomic E-state index is -0.349. The van der Waals surface area contributed by atoms with E-state index < -0.39 is 0 Å². The summed E-state index contributed by atoms with van der Waals surface area (Å²) in [6, 6.07) is 4.96. The number of guanidine groups is 1. The van der Waals surface area contributed by atoms with E-state index in [1.54, 1.807) is 26.8 Å². The van der Waals surface area contributed by atoms with Crippen molar-refractivity contribution >= 4 is 23.3 Å². The molecule has 1 heterocycles. The Morgan fingerprint density at radius 2 is 2.11 bits per heavy atom. The lowest BCUT2D eigenvalue weighted by Gasteiger charge is -2.16.